The summed E-state index contributed by atoms with van der Waals surface area (Å²) in [6.07, 6.45) is 3.84. The molecule has 0 atom stereocenters. The summed E-state index contributed by atoms with van der Waals surface area (Å²) >= 11 is 0. The number of aromatic amines is 1. The van der Waals surface area contributed by atoms with Gasteiger partial charge in [0.05, 0.1) is 5.69 Å². The summed E-state index contributed by atoms with van der Waals surface area (Å²) in [5.74, 6) is 0.891. The standard InChI is InChI=1S/C16H26N6/c1-12(2)20-15-6-5-13(9-18-15)16-14(10-19-21-16)11-22(4)8-7-17-3/h5-6,9-10,12,17H,7-8,11H2,1-4H3,(H,18,20)(H,19,21). The molecule has 0 aliphatic heterocycles. The zero-order valence-corrected chi connectivity index (χ0v) is 13.8. The molecule has 0 aliphatic carbocycles. The Bertz CT molecular complexity index is 560. The van der Waals surface area contributed by atoms with Gasteiger partial charge in [-0.15, -0.1) is 0 Å². The minimum absolute atomic E-state index is 0.375. The van der Waals surface area contributed by atoms with E-state index in [9.17, 15) is 0 Å². The van der Waals surface area contributed by atoms with Crippen LogP contribution in [0, 0.1) is 0 Å². The highest BCUT2D eigenvalue weighted by Gasteiger charge is 2.11. The second-order valence-corrected chi connectivity index (χ2v) is 5.83. The summed E-state index contributed by atoms with van der Waals surface area (Å²) in [5, 5.41) is 13.8. The molecule has 0 unspecified atom stereocenters. The van der Waals surface area contributed by atoms with Gasteiger partial charge in [-0.25, -0.2) is 4.98 Å². The summed E-state index contributed by atoms with van der Waals surface area (Å²) in [7, 11) is 4.08. The van der Waals surface area contributed by atoms with Crippen molar-refractivity contribution in [1.29, 1.82) is 0 Å². The Kier molecular flexibility index (Phi) is 5.91. The van der Waals surface area contributed by atoms with Crippen molar-refractivity contribution in [2.24, 2.45) is 0 Å². The molecule has 22 heavy (non-hydrogen) atoms. The molecule has 0 aliphatic rings. The Morgan fingerprint density at radius 2 is 2.14 bits per heavy atom. The number of nitrogens with zero attached hydrogens (tertiary/aromatic N) is 3. The number of hydrogen-bond donors (Lipinski definition) is 3. The first-order chi connectivity index (χ1) is 10.6. The molecule has 6 nitrogen and oxygen atoms in total. The molecule has 2 rings (SSSR count). The number of likely N-dealkylation sites (N-methyl/N-ethyl adjacent to an activating group) is 2. The van der Waals surface area contributed by atoms with Crippen LogP contribution in [0.2, 0.25) is 0 Å². The largest absolute Gasteiger partial charge is 0.368 e. The first-order valence-electron chi connectivity index (χ1n) is 7.69. The van der Waals surface area contributed by atoms with Crippen LogP contribution >= 0.6 is 0 Å². The lowest BCUT2D eigenvalue weighted by molar-refractivity contribution is 0.328. The number of H-pyrrole nitrogens is 1. The van der Waals surface area contributed by atoms with Crippen LogP contribution < -0.4 is 10.6 Å². The van der Waals surface area contributed by atoms with Crippen LogP contribution in [0.5, 0.6) is 0 Å². The second kappa shape index (κ2) is 7.91. The second-order valence-electron chi connectivity index (χ2n) is 5.83. The van der Waals surface area contributed by atoms with Crippen molar-refractivity contribution in [3.63, 3.8) is 0 Å². The molecule has 0 aromatic carbocycles. The van der Waals surface area contributed by atoms with Gasteiger partial charge >= 0.3 is 0 Å². The molecule has 3 N–H and O–H groups in total. The van der Waals surface area contributed by atoms with E-state index in [0.717, 1.165) is 36.7 Å². The molecular weight excluding hydrogens is 276 g/mol. The van der Waals surface area contributed by atoms with E-state index in [2.05, 4.69) is 57.7 Å². The van der Waals surface area contributed by atoms with Crippen LogP contribution in [0.3, 0.4) is 0 Å². The fraction of sp³-hybridized carbons (Fsp3) is 0.500. The average Bonchev–Trinajstić information content (AvgIpc) is 2.93. The highest BCUT2D eigenvalue weighted by Crippen LogP contribution is 2.22. The van der Waals surface area contributed by atoms with Gasteiger partial charge in [0.15, 0.2) is 0 Å². The third kappa shape index (κ3) is 4.54. The van der Waals surface area contributed by atoms with E-state index in [0.29, 0.717) is 6.04 Å². The van der Waals surface area contributed by atoms with E-state index in [4.69, 9.17) is 0 Å². The Morgan fingerprint density at radius 3 is 2.77 bits per heavy atom. The third-order valence-electron chi connectivity index (χ3n) is 3.38. The zero-order valence-electron chi connectivity index (χ0n) is 13.8. The Labute approximate surface area is 132 Å². The average molecular weight is 302 g/mol. The van der Waals surface area contributed by atoms with E-state index in [1.807, 2.05) is 25.5 Å². The van der Waals surface area contributed by atoms with Gasteiger partial charge in [-0.2, -0.15) is 5.10 Å². The van der Waals surface area contributed by atoms with Gasteiger partial charge in [0.25, 0.3) is 0 Å². The number of aromatic nitrogens is 3. The Morgan fingerprint density at radius 1 is 1.32 bits per heavy atom. The molecule has 120 valence electrons. The fourth-order valence-corrected chi connectivity index (χ4v) is 2.27. The number of rotatable bonds is 8. The van der Waals surface area contributed by atoms with Crippen LogP contribution in [0.15, 0.2) is 24.5 Å². The normalized spacial score (nSPS) is 11.4. The number of anilines is 1. The molecule has 2 aromatic heterocycles. The summed E-state index contributed by atoms with van der Waals surface area (Å²) in [4.78, 5) is 6.73. The smallest absolute Gasteiger partial charge is 0.126 e. The monoisotopic (exact) mass is 302 g/mol. The molecule has 0 radical (unpaired) electrons. The van der Waals surface area contributed by atoms with E-state index in [1.54, 1.807) is 0 Å². The fourth-order valence-electron chi connectivity index (χ4n) is 2.27. The quantitative estimate of drug-likeness (QED) is 0.695. The number of nitrogens with one attached hydrogen (secondary N) is 3. The van der Waals surface area contributed by atoms with Gasteiger partial charge in [0.2, 0.25) is 0 Å². The molecule has 0 amide bonds. The molecule has 0 bridgehead atoms. The van der Waals surface area contributed by atoms with Crippen LogP contribution in [-0.2, 0) is 6.54 Å². The van der Waals surface area contributed by atoms with Crippen LogP contribution in [0.4, 0.5) is 5.82 Å². The van der Waals surface area contributed by atoms with Crippen LogP contribution in [0.1, 0.15) is 19.4 Å². The molecular formula is C16H26N6. The highest BCUT2D eigenvalue weighted by atomic mass is 15.1. The first-order valence-corrected chi connectivity index (χ1v) is 7.69. The SMILES string of the molecule is CNCCN(C)Cc1c[nH]nc1-c1ccc(NC(C)C)nc1. The summed E-state index contributed by atoms with van der Waals surface area (Å²) in [6, 6.07) is 4.43. The van der Waals surface area contributed by atoms with Gasteiger partial charge in [-0.1, -0.05) is 0 Å². The molecule has 0 fully saturated rings. The van der Waals surface area contributed by atoms with Gasteiger partial charge < -0.3 is 15.5 Å². The molecule has 2 aromatic rings. The topological polar surface area (TPSA) is 68.9 Å². The van der Waals surface area contributed by atoms with Crippen molar-refractivity contribution in [3.8, 4) is 11.3 Å². The van der Waals surface area contributed by atoms with Crippen molar-refractivity contribution in [1.82, 2.24) is 25.4 Å². The maximum absolute atomic E-state index is 4.46. The van der Waals surface area contributed by atoms with Crippen molar-refractivity contribution in [2.45, 2.75) is 26.4 Å². The number of hydrogen-bond acceptors (Lipinski definition) is 5. The summed E-state index contributed by atoms with van der Waals surface area (Å²) in [6.45, 7) is 7.03. The molecule has 2 heterocycles. The minimum atomic E-state index is 0.375. The van der Waals surface area contributed by atoms with Crippen molar-refractivity contribution in [2.75, 3.05) is 32.5 Å². The van der Waals surface area contributed by atoms with Gasteiger partial charge in [0.1, 0.15) is 5.82 Å². The van der Waals surface area contributed by atoms with E-state index < -0.39 is 0 Å². The Hall–Kier alpha value is -1.92. The lowest BCUT2D eigenvalue weighted by Gasteiger charge is -2.16. The maximum Gasteiger partial charge on any atom is 0.126 e. The highest BCUT2D eigenvalue weighted by molar-refractivity contribution is 5.63. The summed E-state index contributed by atoms with van der Waals surface area (Å²) < 4.78 is 0. The number of pyridine rings is 1. The van der Waals surface area contributed by atoms with Crippen molar-refractivity contribution in [3.05, 3.63) is 30.1 Å². The zero-order chi connectivity index (χ0) is 15.9. The minimum Gasteiger partial charge on any atom is -0.368 e. The molecule has 0 saturated heterocycles. The lowest BCUT2D eigenvalue weighted by Crippen LogP contribution is -2.27. The van der Waals surface area contributed by atoms with Gasteiger partial charge in [-0.05, 0) is 40.1 Å². The van der Waals surface area contributed by atoms with Gasteiger partial charge in [-0.3, -0.25) is 5.10 Å². The predicted octanol–water partition coefficient (Wildman–Crippen LogP) is 1.94. The molecule has 0 saturated carbocycles. The third-order valence-corrected chi connectivity index (χ3v) is 3.38. The van der Waals surface area contributed by atoms with E-state index >= 15 is 0 Å². The van der Waals surface area contributed by atoms with Crippen molar-refractivity contribution < 1.29 is 0 Å². The first kappa shape index (κ1) is 16.5. The maximum atomic E-state index is 4.46. The molecule has 0 spiro atoms. The lowest BCUT2D eigenvalue weighted by atomic mass is 10.1. The van der Waals surface area contributed by atoms with Crippen LogP contribution in [0.25, 0.3) is 11.3 Å². The van der Waals surface area contributed by atoms with E-state index in [-0.39, 0.29) is 0 Å². The molecule has 6 heteroatoms. The Balaban J connectivity index is 2.08. The van der Waals surface area contributed by atoms with Crippen LogP contribution in [-0.4, -0.2) is 53.3 Å². The van der Waals surface area contributed by atoms with E-state index in [1.165, 1.54) is 5.56 Å². The van der Waals surface area contributed by atoms with Gasteiger partial charge in [0, 0.05) is 49.2 Å². The van der Waals surface area contributed by atoms with Crippen molar-refractivity contribution >= 4 is 5.82 Å². The predicted molar refractivity (Wildman–Crippen MR) is 90.8 cm³/mol. The summed E-state index contributed by atoms with van der Waals surface area (Å²) in [5.41, 5.74) is 3.19.